The van der Waals surface area contributed by atoms with Gasteiger partial charge in [0, 0.05) is 20.1 Å². The van der Waals surface area contributed by atoms with Gasteiger partial charge < -0.3 is 10.5 Å². The third kappa shape index (κ3) is 3.62. The first-order valence-corrected chi connectivity index (χ1v) is 8.66. The molecule has 2 N–H and O–H groups in total. The lowest BCUT2D eigenvalue weighted by molar-refractivity contribution is 0.412. The van der Waals surface area contributed by atoms with E-state index in [1.807, 2.05) is 24.3 Å². The van der Waals surface area contributed by atoms with Crippen LogP contribution in [0.3, 0.4) is 0 Å². The first-order valence-electron chi connectivity index (χ1n) is 6.34. The van der Waals surface area contributed by atoms with Crippen LogP contribution in [0.25, 0.3) is 0 Å². The molecule has 5 nitrogen and oxygen atoms in total. The van der Waals surface area contributed by atoms with Crippen LogP contribution in [0.5, 0.6) is 5.75 Å². The molecule has 0 fully saturated rings. The van der Waals surface area contributed by atoms with E-state index in [1.54, 1.807) is 25.6 Å². The molecule has 0 aliphatic carbocycles. The van der Waals surface area contributed by atoms with Crippen molar-refractivity contribution in [1.29, 1.82) is 0 Å². The molecule has 0 radical (unpaired) electrons. The maximum Gasteiger partial charge on any atom is 0.252 e. The van der Waals surface area contributed by atoms with Crippen molar-refractivity contribution in [2.45, 2.75) is 17.3 Å². The number of nitrogens with zero attached hydrogens (tertiary/aromatic N) is 1. The monoisotopic (exact) mass is 326 g/mol. The maximum absolute atomic E-state index is 12.5. The fourth-order valence-corrected chi connectivity index (χ4v) is 4.45. The Kier molecular flexibility index (Phi) is 5.00. The zero-order valence-electron chi connectivity index (χ0n) is 11.9. The van der Waals surface area contributed by atoms with Crippen molar-refractivity contribution in [3.63, 3.8) is 0 Å². The first kappa shape index (κ1) is 16.0. The highest BCUT2D eigenvalue weighted by Crippen LogP contribution is 2.24. The Morgan fingerprint density at radius 1 is 1.29 bits per heavy atom. The first-order chi connectivity index (χ1) is 9.97. The lowest BCUT2D eigenvalue weighted by Gasteiger charge is -2.16. The summed E-state index contributed by atoms with van der Waals surface area (Å²) in [6, 6.07) is 8.99. The summed E-state index contributed by atoms with van der Waals surface area (Å²) in [6.45, 7) is 0.626. The molecule has 0 saturated heterocycles. The Balaban J connectivity index is 2.19. The molecule has 0 unspecified atom stereocenters. The molecule has 0 atom stereocenters. The molecule has 0 aliphatic heterocycles. The molecular weight excluding hydrogens is 308 g/mol. The van der Waals surface area contributed by atoms with Crippen molar-refractivity contribution in [3.8, 4) is 5.75 Å². The Hall–Kier alpha value is -1.41. The number of rotatable bonds is 6. The van der Waals surface area contributed by atoms with Crippen molar-refractivity contribution in [1.82, 2.24) is 4.31 Å². The molecule has 1 aromatic heterocycles. The minimum Gasteiger partial charge on any atom is -0.497 e. The van der Waals surface area contributed by atoms with Crippen molar-refractivity contribution in [2.75, 3.05) is 14.2 Å². The van der Waals surface area contributed by atoms with Crippen molar-refractivity contribution >= 4 is 21.4 Å². The van der Waals surface area contributed by atoms with E-state index in [4.69, 9.17) is 10.5 Å². The fraction of sp³-hybridized carbons (Fsp3) is 0.286. The average molecular weight is 326 g/mol. The van der Waals surface area contributed by atoms with Crippen LogP contribution in [0.1, 0.15) is 11.1 Å². The minimum absolute atomic E-state index is 0.287. The number of thiophene rings is 1. The van der Waals surface area contributed by atoms with Gasteiger partial charge in [-0.3, -0.25) is 0 Å². The molecule has 7 heteroatoms. The van der Waals surface area contributed by atoms with Crippen molar-refractivity contribution in [2.24, 2.45) is 5.73 Å². The summed E-state index contributed by atoms with van der Waals surface area (Å²) >= 11 is 1.19. The minimum atomic E-state index is -3.49. The summed E-state index contributed by atoms with van der Waals surface area (Å²) in [5, 5.41) is 1.77. The summed E-state index contributed by atoms with van der Waals surface area (Å²) in [5.74, 6) is 0.708. The second-order valence-corrected chi connectivity index (χ2v) is 7.77. The Morgan fingerprint density at radius 2 is 2.05 bits per heavy atom. The van der Waals surface area contributed by atoms with Crippen LogP contribution in [-0.4, -0.2) is 26.9 Å². The van der Waals surface area contributed by atoms with E-state index in [0.717, 1.165) is 11.1 Å². The lowest BCUT2D eigenvalue weighted by Crippen LogP contribution is -2.25. The van der Waals surface area contributed by atoms with Crippen LogP contribution in [0.15, 0.2) is 39.9 Å². The number of hydrogen-bond donors (Lipinski definition) is 1. The van der Waals surface area contributed by atoms with E-state index < -0.39 is 10.0 Å². The Labute approximate surface area is 129 Å². The molecular formula is C14H18N2O3S2. The smallest absolute Gasteiger partial charge is 0.252 e. The molecule has 2 aromatic rings. The largest absolute Gasteiger partial charge is 0.497 e. The van der Waals surface area contributed by atoms with Crippen LogP contribution >= 0.6 is 11.3 Å². The molecule has 0 bridgehead atoms. The second-order valence-electron chi connectivity index (χ2n) is 4.59. The highest BCUT2D eigenvalue weighted by Gasteiger charge is 2.22. The van der Waals surface area contributed by atoms with E-state index in [9.17, 15) is 8.42 Å². The summed E-state index contributed by atoms with van der Waals surface area (Å²) < 4.78 is 31.8. The number of hydrogen-bond acceptors (Lipinski definition) is 5. The van der Waals surface area contributed by atoms with Gasteiger partial charge in [0.05, 0.1) is 7.11 Å². The molecule has 2 rings (SSSR count). The van der Waals surface area contributed by atoms with Crippen LogP contribution < -0.4 is 10.5 Å². The number of nitrogens with two attached hydrogens (primary N) is 1. The molecule has 0 aliphatic rings. The predicted molar refractivity (Wildman–Crippen MR) is 83.9 cm³/mol. The zero-order chi connectivity index (χ0) is 15.5. The zero-order valence-corrected chi connectivity index (χ0v) is 13.6. The van der Waals surface area contributed by atoms with Gasteiger partial charge in [-0.15, -0.1) is 11.3 Å². The van der Waals surface area contributed by atoms with E-state index >= 15 is 0 Å². The molecule has 0 amide bonds. The van der Waals surface area contributed by atoms with E-state index in [0.29, 0.717) is 16.5 Å². The normalized spacial score (nSPS) is 11.8. The van der Waals surface area contributed by atoms with Gasteiger partial charge >= 0.3 is 0 Å². The van der Waals surface area contributed by atoms with Gasteiger partial charge in [-0.1, -0.05) is 12.1 Å². The maximum atomic E-state index is 12.5. The summed E-state index contributed by atoms with van der Waals surface area (Å²) in [7, 11) is -0.342. The highest BCUT2D eigenvalue weighted by molar-refractivity contribution is 7.91. The average Bonchev–Trinajstić information content (AvgIpc) is 2.97. The molecule has 114 valence electrons. The molecule has 0 saturated carbocycles. The van der Waals surface area contributed by atoms with Crippen molar-refractivity contribution < 1.29 is 13.2 Å². The van der Waals surface area contributed by atoms with Gasteiger partial charge in [0.25, 0.3) is 10.0 Å². The third-order valence-corrected chi connectivity index (χ3v) is 6.34. The van der Waals surface area contributed by atoms with E-state index in [-0.39, 0.29) is 6.54 Å². The summed E-state index contributed by atoms with van der Waals surface area (Å²) in [6.07, 6.45) is 0. The quantitative estimate of drug-likeness (QED) is 0.881. The van der Waals surface area contributed by atoms with Crippen LogP contribution in [-0.2, 0) is 23.1 Å². The molecule has 21 heavy (non-hydrogen) atoms. The predicted octanol–water partition coefficient (Wildman–Crippen LogP) is 2.04. The number of ether oxygens (including phenoxy) is 1. The van der Waals surface area contributed by atoms with Gasteiger partial charge in [0.15, 0.2) is 0 Å². The lowest BCUT2D eigenvalue weighted by atomic mass is 10.2. The van der Waals surface area contributed by atoms with Crippen LogP contribution in [0.4, 0.5) is 0 Å². The van der Waals surface area contributed by atoms with E-state index in [1.165, 1.54) is 15.6 Å². The summed E-state index contributed by atoms with van der Waals surface area (Å²) in [4.78, 5) is 0. The SMILES string of the molecule is COc1cccc(CN(C)S(=O)(=O)c2cc(CN)cs2)c1. The summed E-state index contributed by atoms with van der Waals surface area (Å²) in [5.41, 5.74) is 7.22. The van der Waals surface area contributed by atoms with Crippen LogP contribution in [0, 0.1) is 0 Å². The molecule has 1 heterocycles. The van der Waals surface area contributed by atoms with Gasteiger partial charge in [-0.2, -0.15) is 4.31 Å². The van der Waals surface area contributed by atoms with Gasteiger partial charge in [0.2, 0.25) is 0 Å². The van der Waals surface area contributed by atoms with E-state index in [2.05, 4.69) is 0 Å². The van der Waals surface area contributed by atoms with Gasteiger partial charge in [-0.05, 0) is 34.7 Å². The highest BCUT2D eigenvalue weighted by atomic mass is 32.2. The Morgan fingerprint density at radius 3 is 2.67 bits per heavy atom. The van der Waals surface area contributed by atoms with Crippen molar-refractivity contribution in [3.05, 3.63) is 46.8 Å². The standard InChI is InChI=1S/C14H18N2O3S2/c1-16(9-11-4-3-5-13(6-11)19-2)21(17,18)14-7-12(8-15)10-20-14/h3-7,10H,8-9,15H2,1-2H3. The molecule has 1 aromatic carbocycles. The number of sulfonamides is 1. The Bertz CT molecular complexity index is 711. The molecule has 0 spiro atoms. The topological polar surface area (TPSA) is 72.6 Å². The second kappa shape index (κ2) is 6.57. The van der Waals surface area contributed by atoms with Gasteiger partial charge in [0.1, 0.15) is 9.96 Å². The van der Waals surface area contributed by atoms with Crippen LogP contribution in [0.2, 0.25) is 0 Å². The fourth-order valence-electron chi connectivity index (χ4n) is 1.86. The number of benzene rings is 1. The number of methoxy groups -OCH3 is 1. The van der Waals surface area contributed by atoms with Gasteiger partial charge in [-0.25, -0.2) is 8.42 Å². The third-order valence-electron chi connectivity index (χ3n) is 3.07.